The predicted molar refractivity (Wildman–Crippen MR) is 102 cm³/mol. The van der Waals surface area contributed by atoms with Crippen LogP contribution in [-0.4, -0.2) is 36.7 Å². The van der Waals surface area contributed by atoms with Gasteiger partial charge in [-0.25, -0.2) is 9.59 Å². The fraction of sp³-hybridized carbons (Fsp3) is 0.864. The van der Waals surface area contributed by atoms with E-state index in [4.69, 9.17) is 9.47 Å². The quantitative estimate of drug-likeness (QED) is 0.496. The van der Waals surface area contributed by atoms with Gasteiger partial charge in [-0.3, -0.25) is 4.79 Å². The maximum absolute atomic E-state index is 13.0. The molecule has 2 saturated carbocycles. The highest BCUT2D eigenvalue weighted by atomic mass is 19.3. The number of hydrogen-bond donors (Lipinski definition) is 0. The van der Waals surface area contributed by atoms with Crippen LogP contribution in [0.1, 0.15) is 60.8 Å². The molecule has 0 amide bonds. The summed E-state index contributed by atoms with van der Waals surface area (Å²) in [7, 11) is 0. The third-order valence-corrected chi connectivity index (χ3v) is 6.85. The Bertz CT molecular complexity index is 720. The second kappa shape index (κ2) is 7.45. The van der Waals surface area contributed by atoms with Crippen LogP contribution in [0.5, 0.6) is 0 Å². The zero-order valence-corrected chi connectivity index (χ0v) is 18.5. The summed E-state index contributed by atoms with van der Waals surface area (Å²) in [5.41, 5.74) is 0.164. The molecular formula is C22H32F2O6. The normalized spacial score (nSPS) is 35.3. The average molecular weight is 430 g/mol. The van der Waals surface area contributed by atoms with Crippen molar-refractivity contribution in [2.24, 2.45) is 40.4 Å². The van der Waals surface area contributed by atoms with E-state index in [-0.39, 0.29) is 22.7 Å². The van der Waals surface area contributed by atoms with Gasteiger partial charge in [-0.2, -0.15) is 8.78 Å². The summed E-state index contributed by atoms with van der Waals surface area (Å²) in [5.74, 6) is -1.60. The Balaban J connectivity index is 1.58. The van der Waals surface area contributed by atoms with E-state index in [2.05, 4.69) is 46.3 Å². The highest BCUT2D eigenvalue weighted by Crippen LogP contribution is 2.64. The molecule has 3 rings (SSSR count). The molecule has 6 nitrogen and oxygen atoms in total. The number of hydrogen-bond acceptors (Lipinski definition) is 6. The van der Waals surface area contributed by atoms with Gasteiger partial charge in [-0.15, -0.1) is 0 Å². The van der Waals surface area contributed by atoms with Crippen molar-refractivity contribution in [2.45, 2.75) is 73.0 Å². The van der Waals surface area contributed by atoms with Gasteiger partial charge in [0.05, 0.1) is 12.3 Å². The summed E-state index contributed by atoms with van der Waals surface area (Å²) in [6, 6.07) is 0. The number of fused-ring (bicyclic) bond motifs is 2. The number of carbonyl (C=O) groups excluding carboxylic acids is 3. The zero-order chi connectivity index (χ0) is 22.6. The number of esters is 3. The molecule has 1 heterocycles. The lowest BCUT2D eigenvalue weighted by Crippen LogP contribution is -2.44. The number of halogens is 2. The van der Waals surface area contributed by atoms with Crippen molar-refractivity contribution in [3.63, 3.8) is 0 Å². The number of ether oxygens (including phenoxy) is 3. The second-order valence-corrected chi connectivity index (χ2v) is 11.1. The van der Waals surface area contributed by atoms with Gasteiger partial charge in [-0.1, -0.05) is 41.5 Å². The van der Waals surface area contributed by atoms with Gasteiger partial charge >= 0.3 is 24.0 Å². The Labute approximate surface area is 176 Å². The van der Waals surface area contributed by atoms with Gasteiger partial charge in [0.25, 0.3) is 0 Å². The van der Waals surface area contributed by atoms with Gasteiger partial charge in [0.15, 0.2) is 6.61 Å². The fourth-order valence-electron chi connectivity index (χ4n) is 6.13. The molecule has 0 spiro atoms. The molecule has 0 radical (unpaired) electrons. The van der Waals surface area contributed by atoms with Crippen LogP contribution in [-0.2, 0) is 28.6 Å². The molecule has 2 bridgehead atoms. The van der Waals surface area contributed by atoms with Crippen LogP contribution in [0.15, 0.2) is 0 Å². The highest BCUT2D eigenvalue weighted by Gasteiger charge is 2.60. The second-order valence-electron chi connectivity index (χ2n) is 11.1. The Morgan fingerprint density at radius 3 is 2.17 bits per heavy atom. The molecule has 2 aliphatic carbocycles. The molecule has 0 aromatic heterocycles. The average Bonchev–Trinajstić information content (AvgIpc) is 3.22. The number of alkyl halides is 2. The van der Waals surface area contributed by atoms with Crippen LogP contribution in [0.4, 0.5) is 8.78 Å². The minimum absolute atomic E-state index is 0.0311. The van der Waals surface area contributed by atoms with Crippen molar-refractivity contribution in [3.05, 3.63) is 0 Å². The Kier molecular flexibility index (Phi) is 5.70. The van der Waals surface area contributed by atoms with E-state index in [9.17, 15) is 23.2 Å². The van der Waals surface area contributed by atoms with Gasteiger partial charge < -0.3 is 14.2 Å². The van der Waals surface area contributed by atoms with Crippen molar-refractivity contribution in [2.75, 3.05) is 6.61 Å². The molecule has 170 valence electrons. The molecule has 0 N–H and O–H groups in total. The minimum atomic E-state index is -3.65. The van der Waals surface area contributed by atoms with Gasteiger partial charge in [0.2, 0.25) is 6.10 Å². The summed E-state index contributed by atoms with van der Waals surface area (Å²) in [5, 5.41) is 0. The summed E-state index contributed by atoms with van der Waals surface area (Å²) in [4.78, 5) is 35.9. The summed E-state index contributed by atoms with van der Waals surface area (Å²) >= 11 is 0. The monoisotopic (exact) mass is 430 g/mol. The molecule has 3 fully saturated rings. The summed E-state index contributed by atoms with van der Waals surface area (Å²) in [6.45, 7) is 12.6. The van der Waals surface area contributed by atoms with Gasteiger partial charge in [-0.05, 0) is 47.3 Å². The molecule has 0 aromatic rings. The van der Waals surface area contributed by atoms with E-state index in [0.29, 0.717) is 17.8 Å². The fourth-order valence-corrected chi connectivity index (χ4v) is 6.13. The first kappa shape index (κ1) is 22.9. The van der Waals surface area contributed by atoms with Crippen molar-refractivity contribution in [3.8, 4) is 0 Å². The Hall–Kier alpha value is -1.73. The minimum Gasteiger partial charge on any atom is -0.453 e. The van der Waals surface area contributed by atoms with E-state index in [1.165, 1.54) is 0 Å². The topological polar surface area (TPSA) is 78.9 Å². The third-order valence-electron chi connectivity index (χ3n) is 6.85. The lowest BCUT2D eigenvalue weighted by Gasteiger charge is -2.48. The largest absolute Gasteiger partial charge is 0.453 e. The molecule has 6 unspecified atom stereocenters. The van der Waals surface area contributed by atoms with E-state index < -0.39 is 43.1 Å². The molecule has 30 heavy (non-hydrogen) atoms. The maximum atomic E-state index is 13.0. The molecule has 3 aliphatic rings. The molecule has 1 saturated heterocycles. The number of carbonyl (C=O) groups is 3. The van der Waals surface area contributed by atoms with Crippen molar-refractivity contribution >= 4 is 17.9 Å². The van der Waals surface area contributed by atoms with E-state index in [1.54, 1.807) is 0 Å². The van der Waals surface area contributed by atoms with E-state index >= 15 is 0 Å². The van der Waals surface area contributed by atoms with E-state index in [0.717, 1.165) is 12.8 Å². The molecule has 6 atom stereocenters. The van der Waals surface area contributed by atoms with Crippen molar-refractivity contribution < 1.29 is 37.4 Å². The first-order chi connectivity index (χ1) is 13.6. The first-order valence-electron chi connectivity index (χ1n) is 10.6. The molecular weight excluding hydrogens is 398 g/mol. The Morgan fingerprint density at radius 1 is 1.07 bits per heavy atom. The van der Waals surface area contributed by atoms with Crippen LogP contribution in [0.3, 0.4) is 0 Å². The van der Waals surface area contributed by atoms with Crippen LogP contribution >= 0.6 is 0 Å². The lowest BCUT2D eigenvalue weighted by atomic mass is 9.57. The molecule has 0 aromatic carbocycles. The molecule has 8 heteroatoms. The first-order valence-corrected chi connectivity index (χ1v) is 10.6. The van der Waals surface area contributed by atoms with E-state index in [1.807, 2.05) is 0 Å². The lowest BCUT2D eigenvalue weighted by molar-refractivity contribution is -0.209. The summed E-state index contributed by atoms with van der Waals surface area (Å²) < 4.78 is 39.8. The van der Waals surface area contributed by atoms with Gasteiger partial charge in [0.1, 0.15) is 0 Å². The van der Waals surface area contributed by atoms with Crippen molar-refractivity contribution in [1.29, 1.82) is 0 Å². The van der Waals surface area contributed by atoms with Crippen LogP contribution < -0.4 is 0 Å². The van der Waals surface area contributed by atoms with Gasteiger partial charge in [0, 0.05) is 0 Å². The standard InChI is InChI=1S/C22H32F2O6/c1-20(2,3)16-11-7-12(17(16)21(4,5)6)13(8-11)18(26)28-10-15(25)29-14-9-22(23,24)30-19(14)27/h11-14,16-17H,7-10H2,1-6H3. The van der Waals surface area contributed by atoms with Crippen LogP contribution in [0, 0.1) is 40.4 Å². The predicted octanol–water partition coefficient (Wildman–Crippen LogP) is 3.96. The SMILES string of the molecule is CC(C)(C)C1C2CC(C(=O)OCC(=O)OC3CC(F)(F)OC3=O)C(C2)C1C(C)(C)C. The zero-order valence-electron chi connectivity index (χ0n) is 18.5. The third kappa shape index (κ3) is 4.47. The number of rotatable bonds is 4. The Morgan fingerprint density at radius 2 is 1.67 bits per heavy atom. The van der Waals surface area contributed by atoms with Crippen LogP contribution in [0.25, 0.3) is 0 Å². The smallest absolute Gasteiger partial charge is 0.404 e. The number of cyclic esters (lactones) is 1. The highest BCUT2D eigenvalue weighted by molar-refractivity contribution is 5.83. The maximum Gasteiger partial charge on any atom is 0.404 e. The van der Waals surface area contributed by atoms with Crippen LogP contribution in [0.2, 0.25) is 0 Å². The molecule has 1 aliphatic heterocycles. The summed E-state index contributed by atoms with van der Waals surface area (Å²) in [6.07, 6.45) is -4.65. The van der Waals surface area contributed by atoms with Crippen molar-refractivity contribution in [1.82, 2.24) is 0 Å².